The lowest BCUT2D eigenvalue weighted by Crippen LogP contribution is -2.34. The number of aromatic nitrogens is 2. The van der Waals surface area contributed by atoms with E-state index in [1.54, 1.807) is 23.9 Å². The molecule has 2 N–H and O–H groups in total. The van der Waals surface area contributed by atoms with Gasteiger partial charge in [0.15, 0.2) is 5.82 Å². The van der Waals surface area contributed by atoms with Gasteiger partial charge in [-0.25, -0.2) is 0 Å². The first-order valence-electron chi connectivity index (χ1n) is 9.82. The molecule has 0 saturated heterocycles. The van der Waals surface area contributed by atoms with Crippen LogP contribution in [-0.2, 0) is 23.2 Å². The van der Waals surface area contributed by atoms with Crippen molar-refractivity contribution in [1.29, 1.82) is 0 Å². The average Bonchev–Trinajstić information content (AvgIpc) is 3.33. The van der Waals surface area contributed by atoms with E-state index in [9.17, 15) is 14.4 Å². The highest BCUT2D eigenvalue weighted by molar-refractivity contribution is 6.07. The van der Waals surface area contributed by atoms with Gasteiger partial charge in [-0.1, -0.05) is 0 Å². The molecule has 2 heterocycles. The number of hydrogen-bond donors (Lipinski definition) is 2. The Hall–Kier alpha value is -3.16. The maximum Gasteiger partial charge on any atom is 0.256 e. The van der Waals surface area contributed by atoms with Gasteiger partial charge in [0, 0.05) is 45.1 Å². The molecule has 0 radical (unpaired) electrons. The van der Waals surface area contributed by atoms with E-state index in [0.29, 0.717) is 29.5 Å². The van der Waals surface area contributed by atoms with Crippen LogP contribution in [0.3, 0.4) is 0 Å². The molecule has 1 aliphatic heterocycles. The van der Waals surface area contributed by atoms with Gasteiger partial charge in [-0.2, -0.15) is 5.10 Å². The minimum atomic E-state index is -0.227. The van der Waals surface area contributed by atoms with Gasteiger partial charge in [-0.15, -0.1) is 0 Å². The standard InChI is InChI=1S/C21H25N5O3/c1-11(14-5-6-14)26-10-16-7-15(8-17(22-12(2)27)20(16)21(26)29)18-9-19(23-13(3)28)24-25(18)4/h7-9,11,14H,5-6,10H2,1-4H3,(H,22,27)(H,23,24,28). The average molecular weight is 395 g/mol. The Kier molecular flexibility index (Phi) is 4.64. The van der Waals surface area contributed by atoms with Crippen molar-refractivity contribution in [3.05, 3.63) is 29.3 Å². The SMILES string of the molecule is CC(=O)Nc1cc(-c2cc3c(c(NC(C)=O)c2)C(=O)N(C(C)C2CC2)C3)n(C)n1. The van der Waals surface area contributed by atoms with Crippen molar-refractivity contribution in [2.75, 3.05) is 10.6 Å². The molecule has 4 rings (SSSR count). The topological polar surface area (TPSA) is 96.3 Å². The molecule has 0 spiro atoms. The Bertz CT molecular complexity index is 1020. The van der Waals surface area contributed by atoms with Crippen molar-refractivity contribution in [3.63, 3.8) is 0 Å². The van der Waals surface area contributed by atoms with Crippen LogP contribution in [0, 0.1) is 5.92 Å². The second-order valence-electron chi connectivity index (χ2n) is 7.97. The van der Waals surface area contributed by atoms with Crippen LogP contribution in [0.4, 0.5) is 11.5 Å². The van der Waals surface area contributed by atoms with Crippen molar-refractivity contribution in [2.24, 2.45) is 13.0 Å². The zero-order valence-corrected chi connectivity index (χ0v) is 17.1. The number of carbonyl (C=O) groups excluding carboxylic acids is 3. The molecule has 1 aromatic heterocycles. The van der Waals surface area contributed by atoms with E-state index in [0.717, 1.165) is 29.7 Å². The van der Waals surface area contributed by atoms with Gasteiger partial charge in [-0.3, -0.25) is 19.1 Å². The summed E-state index contributed by atoms with van der Waals surface area (Å²) in [4.78, 5) is 38.2. The fraction of sp³-hybridized carbons (Fsp3) is 0.429. The summed E-state index contributed by atoms with van der Waals surface area (Å²) >= 11 is 0. The number of nitrogens with zero attached hydrogens (tertiary/aromatic N) is 3. The van der Waals surface area contributed by atoms with Crippen molar-refractivity contribution in [1.82, 2.24) is 14.7 Å². The molecule has 1 atom stereocenters. The summed E-state index contributed by atoms with van der Waals surface area (Å²) in [6, 6.07) is 5.75. The Morgan fingerprint density at radius 3 is 2.45 bits per heavy atom. The number of anilines is 2. The summed E-state index contributed by atoms with van der Waals surface area (Å²) in [7, 11) is 1.79. The molecule has 29 heavy (non-hydrogen) atoms. The lowest BCUT2D eigenvalue weighted by atomic mass is 10.0. The van der Waals surface area contributed by atoms with E-state index < -0.39 is 0 Å². The number of nitrogens with one attached hydrogen (secondary N) is 2. The number of aryl methyl sites for hydroxylation is 1. The number of rotatable bonds is 5. The number of carbonyl (C=O) groups is 3. The first-order valence-corrected chi connectivity index (χ1v) is 9.82. The molecule has 1 saturated carbocycles. The van der Waals surface area contributed by atoms with Crippen LogP contribution >= 0.6 is 0 Å². The first-order chi connectivity index (χ1) is 13.7. The maximum absolute atomic E-state index is 13.1. The molecular weight excluding hydrogens is 370 g/mol. The second-order valence-corrected chi connectivity index (χ2v) is 7.97. The summed E-state index contributed by atoms with van der Waals surface area (Å²) in [5.41, 5.74) is 3.59. The van der Waals surface area contributed by atoms with E-state index in [-0.39, 0.29) is 23.8 Å². The smallest absolute Gasteiger partial charge is 0.256 e. The third-order valence-electron chi connectivity index (χ3n) is 5.62. The second kappa shape index (κ2) is 7.02. The van der Waals surface area contributed by atoms with Crippen LogP contribution in [0.2, 0.25) is 0 Å². The van der Waals surface area contributed by atoms with Crippen LogP contribution in [0.1, 0.15) is 49.5 Å². The quantitative estimate of drug-likeness (QED) is 0.814. The predicted octanol–water partition coefficient (Wildman–Crippen LogP) is 2.76. The zero-order valence-electron chi connectivity index (χ0n) is 17.1. The minimum Gasteiger partial charge on any atom is -0.331 e. The normalized spacial score (nSPS) is 16.6. The van der Waals surface area contributed by atoms with E-state index >= 15 is 0 Å². The van der Waals surface area contributed by atoms with Crippen molar-refractivity contribution in [2.45, 2.75) is 46.2 Å². The van der Waals surface area contributed by atoms with Crippen LogP contribution in [0.15, 0.2) is 18.2 Å². The van der Waals surface area contributed by atoms with Gasteiger partial charge >= 0.3 is 0 Å². The van der Waals surface area contributed by atoms with Crippen LogP contribution in [0.5, 0.6) is 0 Å². The summed E-state index contributed by atoms with van der Waals surface area (Å²) in [5.74, 6) is 0.567. The third-order valence-corrected chi connectivity index (χ3v) is 5.62. The Balaban J connectivity index is 1.76. The van der Waals surface area contributed by atoms with Gasteiger partial charge in [0.2, 0.25) is 11.8 Å². The largest absolute Gasteiger partial charge is 0.331 e. The monoisotopic (exact) mass is 395 g/mol. The van der Waals surface area contributed by atoms with Crippen LogP contribution < -0.4 is 10.6 Å². The predicted molar refractivity (Wildman–Crippen MR) is 109 cm³/mol. The molecule has 1 aromatic carbocycles. The molecule has 3 amide bonds. The Morgan fingerprint density at radius 2 is 1.83 bits per heavy atom. The lowest BCUT2D eigenvalue weighted by Gasteiger charge is -2.24. The van der Waals surface area contributed by atoms with Gasteiger partial charge in [0.05, 0.1) is 16.9 Å². The molecule has 1 unspecified atom stereocenters. The molecule has 2 aliphatic rings. The summed E-state index contributed by atoms with van der Waals surface area (Å²) in [6.07, 6.45) is 2.32. The summed E-state index contributed by atoms with van der Waals surface area (Å²) in [6.45, 7) is 5.49. The van der Waals surface area contributed by atoms with E-state index in [1.165, 1.54) is 13.8 Å². The van der Waals surface area contributed by atoms with Crippen molar-refractivity contribution >= 4 is 29.2 Å². The highest BCUT2D eigenvalue weighted by atomic mass is 16.2. The molecule has 2 aromatic rings. The minimum absolute atomic E-state index is 0.0290. The van der Waals surface area contributed by atoms with E-state index in [4.69, 9.17) is 0 Å². The van der Waals surface area contributed by atoms with Crippen LogP contribution in [0.25, 0.3) is 11.3 Å². The molecule has 1 fully saturated rings. The molecule has 1 aliphatic carbocycles. The van der Waals surface area contributed by atoms with Gasteiger partial charge in [0.25, 0.3) is 5.91 Å². The molecular formula is C21H25N5O3. The van der Waals surface area contributed by atoms with E-state index in [2.05, 4.69) is 22.7 Å². The third kappa shape index (κ3) is 3.62. The highest BCUT2D eigenvalue weighted by Gasteiger charge is 2.40. The van der Waals surface area contributed by atoms with Crippen LogP contribution in [-0.4, -0.2) is 38.4 Å². The Labute approximate surface area is 169 Å². The maximum atomic E-state index is 13.1. The summed E-state index contributed by atoms with van der Waals surface area (Å²) in [5, 5.41) is 9.82. The lowest BCUT2D eigenvalue weighted by molar-refractivity contribution is -0.115. The van der Waals surface area contributed by atoms with Crippen molar-refractivity contribution < 1.29 is 14.4 Å². The fourth-order valence-electron chi connectivity index (χ4n) is 4.06. The van der Waals surface area contributed by atoms with Gasteiger partial charge < -0.3 is 15.5 Å². The van der Waals surface area contributed by atoms with Gasteiger partial charge in [-0.05, 0) is 43.4 Å². The highest BCUT2D eigenvalue weighted by Crippen LogP contribution is 2.41. The Morgan fingerprint density at radius 1 is 1.14 bits per heavy atom. The number of hydrogen-bond acceptors (Lipinski definition) is 4. The van der Waals surface area contributed by atoms with Crippen molar-refractivity contribution in [3.8, 4) is 11.3 Å². The number of amides is 3. The molecule has 0 bridgehead atoms. The summed E-state index contributed by atoms with van der Waals surface area (Å²) < 4.78 is 1.67. The number of fused-ring (bicyclic) bond motifs is 1. The van der Waals surface area contributed by atoms with Gasteiger partial charge in [0.1, 0.15) is 0 Å². The van der Waals surface area contributed by atoms with E-state index in [1.807, 2.05) is 11.0 Å². The number of benzene rings is 1. The zero-order chi connectivity index (χ0) is 20.9. The molecule has 8 nitrogen and oxygen atoms in total. The molecule has 152 valence electrons. The fourth-order valence-corrected chi connectivity index (χ4v) is 4.06. The molecule has 8 heteroatoms. The first kappa shape index (κ1) is 19.2.